The molecule has 2 aliphatic rings. The molecule has 0 bridgehead atoms. The summed E-state index contributed by atoms with van der Waals surface area (Å²) in [6, 6.07) is 19.2. The maximum absolute atomic E-state index is 14.0. The SMILES string of the molecule is COc1ccc2c(=O)n(C3N=C(c4ccccc4)c4cc(C)cc5c4N(CC5)C3=O)c(C)nc2c1. The molecule has 6 rings (SSSR count). The number of ether oxygens (including phenoxy) is 1. The lowest BCUT2D eigenvalue weighted by molar-refractivity contribution is -0.121. The van der Waals surface area contributed by atoms with Crippen LogP contribution in [0.15, 0.2) is 70.5 Å². The van der Waals surface area contributed by atoms with Crippen LogP contribution >= 0.6 is 0 Å². The van der Waals surface area contributed by atoms with Gasteiger partial charge in [0, 0.05) is 23.7 Å². The van der Waals surface area contributed by atoms with Crippen molar-refractivity contribution in [2.75, 3.05) is 18.6 Å². The van der Waals surface area contributed by atoms with E-state index in [0.29, 0.717) is 34.7 Å². The fraction of sp³-hybridized carbons (Fsp3) is 0.214. The summed E-state index contributed by atoms with van der Waals surface area (Å²) in [6.45, 7) is 4.36. The van der Waals surface area contributed by atoms with Crippen LogP contribution in [0.3, 0.4) is 0 Å². The van der Waals surface area contributed by atoms with Crippen LogP contribution in [0.4, 0.5) is 5.69 Å². The van der Waals surface area contributed by atoms with Crippen LogP contribution in [0.1, 0.15) is 34.2 Å². The highest BCUT2D eigenvalue weighted by Crippen LogP contribution is 2.39. The highest BCUT2D eigenvalue weighted by molar-refractivity contribution is 6.20. The molecule has 0 saturated carbocycles. The molecule has 1 aromatic heterocycles. The fourth-order valence-electron chi connectivity index (χ4n) is 5.19. The van der Waals surface area contributed by atoms with Crippen molar-refractivity contribution in [3.8, 4) is 5.75 Å². The van der Waals surface area contributed by atoms with Crippen LogP contribution in [0, 0.1) is 13.8 Å². The molecule has 0 spiro atoms. The molecule has 7 nitrogen and oxygen atoms in total. The maximum Gasteiger partial charge on any atom is 0.272 e. The largest absolute Gasteiger partial charge is 0.497 e. The fourth-order valence-corrected chi connectivity index (χ4v) is 5.19. The molecule has 2 aliphatic heterocycles. The Morgan fingerprint density at radius 2 is 1.80 bits per heavy atom. The Morgan fingerprint density at radius 1 is 1.00 bits per heavy atom. The number of amides is 1. The van der Waals surface area contributed by atoms with E-state index in [-0.39, 0.29) is 11.5 Å². The number of benzene rings is 3. The minimum absolute atomic E-state index is 0.223. The molecule has 1 amide bonds. The topological polar surface area (TPSA) is 76.8 Å². The average molecular weight is 465 g/mol. The highest BCUT2D eigenvalue weighted by atomic mass is 16.5. The van der Waals surface area contributed by atoms with E-state index in [1.165, 1.54) is 4.57 Å². The van der Waals surface area contributed by atoms with Crippen molar-refractivity contribution in [3.05, 3.63) is 99.1 Å². The van der Waals surface area contributed by atoms with Crippen molar-refractivity contribution in [1.82, 2.24) is 9.55 Å². The first-order valence-corrected chi connectivity index (χ1v) is 11.6. The van der Waals surface area contributed by atoms with Crippen molar-refractivity contribution in [2.45, 2.75) is 26.4 Å². The quantitative estimate of drug-likeness (QED) is 0.460. The predicted molar refractivity (Wildman–Crippen MR) is 136 cm³/mol. The molecular weight excluding hydrogens is 440 g/mol. The van der Waals surface area contributed by atoms with Gasteiger partial charge in [-0.2, -0.15) is 0 Å². The zero-order valence-electron chi connectivity index (χ0n) is 19.8. The van der Waals surface area contributed by atoms with Gasteiger partial charge in [-0.1, -0.05) is 42.0 Å². The summed E-state index contributed by atoms with van der Waals surface area (Å²) in [5, 5.41) is 0.417. The van der Waals surface area contributed by atoms with Crippen molar-refractivity contribution in [2.24, 2.45) is 4.99 Å². The number of methoxy groups -OCH3 is 1. The Morgan fingerprint density at radius 3 is 2.57 bits per heavy atom. The van der Waals surface area contributed by atoms with Crippen molar-refractivity contribution >= 4 is 28.2 Å². The first-order chi connectivity index (χ1) is 17.0. The Bertz CT molecular complexity index is 1600. The first-order valence-electron chi connectivity index (χ1n) is 11.6. The number of aromatic nitrogens is 2. The van der Waals surface area contributed by atoms with Gasteiger partial charge in [0.2, 0.25) is 6.17 Å². The Labute approximate surface area is 202 Å². The van der Waals surface area contributed by atoms with Gasteiger partial charge in [0.1, 0.15) is 11.6 Å². The second-order valence-electron chi connectivity index (χ2n) is 8.99. The van der Waals surface area contributed by atoms with E-state index in [1.807, 2.05) is 30.3 Å². The third kappa shape index (κ3) is 3.26. The number of hydrogen-bond donors (Lipinski definition) is 0. The average Bonchev–Trinajstić information content (AvgIpc) is 3.24. The van der Waals surface area contributed by atoms with Crippen LogP contribution in [0.5, 0.6) is 5.75 Å². The number of anilines is 1. The number of carbonyl (C=O) groups excluding carboxylic acids is 1. The Hall–Kier alpha value is -4.26. The monoisotopic (exact) mass is 464 g/mol. The molecule has 3 aromatic carbocycles. The number of hydrogen-bond acceptors (Lipinski definition) is 5. The van der Waals surface area contributed by atoms with Gasteiger partial charge in [-0.15, -0.1) is 0 Å². The van der Waals surface area contributed by atoms with Crippen LogP contribution in [0.25, 0.3) is 10.9 Å². The van der Waals surface area contributed by atoms with Gasteiger partial charge >= 0.3 is 0 Å². The lowest BCUT2D eigenvalue weighted by Crippen LogP contribution is -2.39. The van der Waals surface area contributed by atoms with E-state index in [4.69, 9.17) is 9.73 Å². The summed E-state index contributed by atoms with van der Waals surface area (Å²) in [6.07, 6.45) is -0.288. The van der Waals surface area contributed by atoms with E-state index in [1.54, 1.807) is 37.1 Å². The van der Waals surface area contributed by atoms with Crippen LogP contribution in [-0.4, -0.2) is 34.8 Å². The predicted octanol–water partition coefficient (Wildman–Crippen LogP) is 3.96. The molecule has 0 N–H and O–H groups in total. The molecule has 1 unspecified atom stereocenters. The third-order valence-corrected chi connectivity index (χ3v) is 6.78. The minimum Gasteiger partial charge on any atom is -0.497 e. The number of carbonyl (C=O) groups is 1. The summed E-state index contributed by atoms with van der Waals surface area (Å²) in [4.78, 5) is 39.1. The van der Waals surface area contributed by atoms with Gasteiger partial charge < -0.3 is 9.64 Å². The van der Waals surface area contributed by atoms with Gasteiger partial charge in [0.05, 0.1) is 29.4 Å². The highest BCUT2D eigenvalue weighted by Gasteiger charge is 2.38. The number of rotatable bonds is 3. The third-order valence-electron chi connectivity index (χ3n) is 6.78. The molecule has 4 aromatic rings. The zero-order valence-corrected chi connectivity index (χ0v) is 19.8. The number of aryl methyl sites for hydroxylation is 2. The summed E-state index contributed by atoms with van der Waals surface area (Å²) >= 11 is 0. The molecule has 0 fully saturated rings. The molecule has 0 saturated heterocycles. The summed E-state index contributed by atoms with van der Waals surface area (Å²) in [5.74, 6) is 0.818. The molecule has 3 heterocycles. The lowest BCUT2D eigenvalue weighted by atomic mass is 9.96. The Kier molecular flexibility index (Phi) is 4.81. The van der Waals surface area contributed by atoms with Crippen LogP contribution in [0.2, 0.25) is 0 Å². The maximum atomic E-state index is 14.0. The molecule has 35 heavy (non-hydrogen) atoms. The first kappa shape index (κ1) is 21.3. The van der Waals surface area contributed by atoms with Gasteiger partial charge in [0.15, 0.2) is 0 Å². The van der Waals surface area contributed by atoms with Crippen molar-refractivity contribution < 1.29 is 9.53 Å². The smallest absolute Gasteiger partial charge is 0.272 e. The van der Waals surface area contributed by atoms with E-state index < -0.39 is 6.17 Å². The van der Waals surface area contributed by atoms with Crippen LogP contribution < -0.4 is 15.2 Å². The number of aliphatic imine (C=N–C) groups is 1. The molecular formula is C28H24N4O3. The second kappa shape index (κ2) is 7.91. The molecule has 174 valence electrons. The van der Waals surface area contributed by atoms with Gasteiger partial charge in [0.25, 0.3) is 11.5 Å². The standard InChI is InChI=1S/C28H24N4O3/c1-16-13-19-11-12-31-25(19)22(14-16)24(18-7-5-4-6-8-18)30-26(28(31)34)32-17(2)29-23-15-20(35-3)9-10-21(23)27(32)33/h4-10,13-15,26H,11-12H2,1-3H3. The second-order valence-corrected chi connectivity index (χ2v) is 8.99. The van der Waals surface area contributed by atoms with Gasteiger partial charge in [-0.3, -0.25) is 14.2 Å². The van der Waals surface area contributed by atoms with E-state index in [9.17, 15) is 9.59 Å². The number of fused-ring (bicyclic) bond motifs is 1. The van der Waals surface area contributed by atoms with E-state index in [0.717, 1.165) is 34.4 Å². The normalized spacial score (nSPS) is 16.8. The zero-order chi connectivity index (χ0) is 24.3. The summed E-state index contributed by atoms with van der Waals surface area (Å²) < 4.78 is 6.72. The number of nitrogens with zero attached hydrogens (tertiary/aromatic N) is 4. The molecule has 0 radical (unpaired) electrons. The lowest BCUT2D eigenvalue weighted by Gasteiger charge is -2.23. The van der Waals surface area contributed by atoms with E-state index >= 15 is 0 Å². The van der Waals surface area contributed by atoms with E-state index in [2.05, 4.69) is 24.0 Å². The minimum atomic E-state index is -1.06. The van der Waals surface area contributed by atoms with Crippen molar-refractivity contribution in [1.29, 1.82) is 0 Å². The Balaban J connectivity index is 1.64. The van der Waals surface area contributed by atoms with Gasteiger partial charge in [-0.05, 0) is 44.0 Å². The van der Waals surface area contributed by atoms with Gasteiger partial charge in [-0.25, -0.2) is 9.98 Å². The molecule has 7 heteroatoms. The van der Waals surface area contributed by atoms with Crippen molar-refractivity contribution in [3.63, 3.8) is 0 Å². The molecule has 0 aliphatic carbocycles. The summed E-state index contributed by atoms with van der Waals surface area (Å²) in [5.41, 5.74) is 5.89. The summed E-state index contributed by atoms with van der Waals surface area (Å²) in [7, 11) is 1.57. The molecule has 1 atom stereocenters. The van der Waals surface area contributed by atoms with Crippen LogP contribution in [-0.2, 0) is 11.2 Å².